The molecule has 1 unspecified atom stereocenters. The third kappa shape index (κ3) is 3.97. The molecule has 15 heavy (non-hydrogen) atoms. The van der Waals surface area contributed by atoms with E-state index in [-0.39, 0.29) is 30.5 Å². The van der Waals surface area contributed by atoms with Gasteiger partial charge in [0.25, 0.3) is 5.95 Å². The van der Waals surface area contributed by atoms with E-state index in [1.54, 1.807) is 19.1 Å². The first-order valence-electron chi connectivity index (χ1n) is 4.78. The number of furan rings is 1. The molecule has 0 fully saturated rings. The number of Topliss-reactive ketones (excluding diaryl/α,β-unsaturated/α-hetero) is 2. The monoisotopic (exact) mass is 210 g/mol. The average molecular weight is 210 g/mol. The van der Waals surface area contributed by atoms with Gasteiger partial charge in [0.05, 0.1) is 12.7 Å². The highest BCUT2D eigenvalue weighted by atomic mass is 16.6. The molecule has 1 aromatic rings. The maximum Gasteiger partial charge on any atom is 0.284 e. The maximum atomic E-state index is 11.4. The lowest BCUT2D eigenvalue weighted by Gasteiger charge is -2.09. The molecule has 0 radical (unpaired) electrons. The molecule has 1 atom stereocenters. The van der Waals surface area contributed by atoms with Crippen LogP contribution >= 0.6 is 0 Å². The average Bonchev–Trinajstić information content (AvgIpc) is 2.65. The van der Waals surface area contributed by atoms with Crippen molar-refractivity contribution in [1.82, 2.24) is 0 Å². The van der Waals surface area contributed by atoms with E-state index >= 15 is 0 Å². The molecule has 0 spiro atoms. The minimum Gasteiger partial charge on any atom is -0.464 e. The summed E-state index contributed by atoms with van der Waals surface area (Å²) < 4.78 is 10.2. The van der Waals surface area contributed by atoms with Crippen molar-refractivity contribution in [3.05, 3.63) is 18.4 Å². The number of hydrogen-bond donors (Lipinski definition) is 0. The number of rotatable bonds is 6. The number of ketones is 2. The normalized spacial score (nSPS) is 12.1. The summed E-state index contributed by atoms with van der Waals surface area (Å²) in [6.45, 7) is 3.37. The van der Waals surface area contributed by atoms with Gasteiger partial charge < -0.3 is 9.15 Å². The van der Waals surface area contributed by atoms with Crippen LogP contribution in [0.1, 0.15) is 20.3 Å². The summed E-state index contributed by atoms with van der Waals surface area (Å²) in [7, 11) is 0. The fourth-order valence-corrected chi connectivity index (χ4v) is 1.07. The van der Waals surface area contributed by atoms with E-state index in [2.05, 4.69) is 0 Å². The molecule has 1 heterocycles. The van der Waals surface area contributed by atoms with Crippen molar-refractivity contribution >= 4 is 11.6 Å². The first-order valence-corrected chi connectivity index (χ1v) is 4.78. The molecule has 0 N–H and O–H groups in total. The Morgan fingerprint density at radius 3 is 2.80 bits per heavy atom. The fourth-order valence-electron chi connectivity index (χ4n) is 1.07. The van der Waals surface area contributed by atoms with E-state index in [0.717, 1.165) is 0 Å². The fraction of sp³-hybridized carbons (Fsp3) is 0.455. The van der Waals surface area contributed by atoms with Crippen molar-refractivity contribution in [2.45, 2.75) is 20.3 Å². The molecule has 0 saturated carbocycles. The number of ether oxygens (including phenoxy) is 1. The molecule has 82 valence electrons. The van der Waals surface area contributed by atoms with Crippen molar-refractivity contribution in [2.75, 3.05) is 6.61 Å². The van der Waals surface area contributed by atoms with Crippen molar-refractivity contribution < 1.29 is 18.7 Å². The highest BCUT2D eigenvalue weighted by Gasteiger charge is 2.15. The second-order valence-electron chi connectivity index (χ2n) is 3.49. The van der Waals surface area contributed by atoms with Gasteiger partial charge >= 0.3 is 0 Å². The largest absolute Gasteiger partial charge is 0.464 e. The van der Waals surface area contributed by atoms with Gasteiger partial charge in [0.15, 0.2) is 0 Å². The molecule has 0 aliphatic rings. The summed E-state index contributed by atoms with van der Waals surface area (Å²) in [5, 5.41) is 0. The van der Waals surface area contributed by atoms with Crippen LogP contribution in [0.25, 0.3) is 0 Å². The number of hydrogen-bond acceptors (Lipinski definition) is 4. The van der Waals surface area contributed by atoms with Crippen molar-refractivity contribution in [3.8, 4) is 5.95 Å². The molecule has 0 bridgehead atoms. The Labute approximate surface area is 88.2 Å². The Hall–Kier alpha value is -1.58. The molecular formula is C11H14O4. The summed E-state index contributed by atoms with van der Waals surface area (Å²) in [6.07, 6.45) is 1.47. The van der Waals surface area contributed by atoms with Crippen LogP contribution in [0.4, 0.5) is 0 Å². The zero-order chi connectivity index (χ0) is 11.3. The van der Waals surface area contributed by atoms with Crippen LogP contribution in [0.3, 0.4) is 0 Å². The van der Waals surface area contributed by atoms with Gasteiger partial charge in [-0.2, -0.15) is 0 Å². The lowest BCUT2D eigenvalue weighted by atomic mass is 10.0. The van der Waals surface area contributed by atoms with Gasteiger partial charge in [0.2, 0.25) is 0 Å². The van der Waals surface area contributed by atoms with E-state index in [9.17, 15) is 9.59 Å². The first-order chi connectivity index (χ1) is 7.09. The Balaban J connectivity index is 2.32. The topological polar surface area (TPSA) is 56.5 Å². The number of carbonyl (C=O) groups excluding carboxylic acids is 2. The lowest BCUT2D eigenvalue weighted by Crippen LogP contribution is -2.20. The molecule has 1 aromatic heterocycles. The third-order valence-corrected chi connectivity index (χ3v) is 1.94. The lowest BCUT2D eigenvalue weighted by molar-refractivity contribution is -0.128. The molecule has 0 saturated heterocycles. The van der Waals surface area contributed by atoms with Gasteiger partial charge in [-0.15, -0.1) is 0 Å². The standard InChI is InChI=1S/C11H14O4/c1-8(10(13)6-9(2)12)7-15-11-4-3-5-14-11/h3-5,8H,6-7H2,1-2H3. The van der Waals surface area contributed by atoms with Crippen LogP contribution in [0.2, 0.25) is 0 Å². The quantitative estimate of drug-likeness (QED) is 0.672. The molecule has 0 aliphatic carbocycles. The first kappa shape index (κ1) is 11.5. The molecule has 4 heteroatoms. The van der Waals surface area contributed by atoms with Crippen LogP contribution in [-0.4, -0.2) is 18.2 Å². The SMILES string of the molecule is CC(=O)CC(=O)C(C)COc1ccco1. The van der Waals surface area contributed by atoms with Gasteiger partial charge in [-0.1, -0.05) is 6.92 Å². The van der Waals surface area contributed by atoms with Gasteiger partial charge in [-0.25, -0.2) is 0 Å². The Morgan fingerprint density at radius 2 is 2.27 bits per heavy atom. The maximum absolute atomic E-state index is 11.4. The van der Waals surface area contributed by atoms with Gasteiger partial charge in [-0.05, 0) is 13.0 Å². The van der Waals surface area contributed by atoms with Crippen LogP contribution in [0, 0.1) is 5.92 Å². The predicted octanol–water partition coefficient (Wildman–Crippen LogP) is 1.84. The summed E-state index contributed by atoms with van der Waals surface area (Å²) in [4.78, 5) is 22.1. The number of carbonyl (C=O) groups is 2. The minimum atomic E-state index is -0.293. The van der Waals surface area contributed by atoms with Gasteiger partial charge in [0.1, 0.15) is 18.2 Å². The second-order valence-corrected chi connectivity index (χ2v) is 3.49. The molecule has 0 aliphatic heterocycles. The Kier molecular flexibility index (Phi) is 4.09. The Bertz CT molecular complexity index is 326. The highest BCUT2D eigenvalue weighted by Crippen LogP contribution is 2.12. The smallest absolute Gasteiger partial charge is 0.284 e. The van der Waals surface area contributed by atoms with E-state index in [4.69, 9.17) is 9.15 Å². The summed E-state index contributed by atoms with van der Waals surface area (Å²) in [6, 6.07) is 3.37. The van der Waals surface area contributed by atoms with E-state index in [1.807, 2.05) is 0 Å². The van der Waals surface area contributed by atoms with Crippen LogP contribution in [-0.2, 0) is 9.59 Å². The van der Waals surface area contributed by atoms with Gasteiger partial charge in [0, 0.05) is 12.0 Å². The molecule has 0 aromatic carbocycles. The molecular weight excluding hydrogens is 196 g/mol. The summed E-state index contributed by atoms with van der Waals surface area (Å²) >= 11 is 0. The summed E-state index contributed by atoms with van der Waals surface area (Å²) in [5.41, 5.74) is 0. The molecule has 4 nitrogen and oxygen atoms in total. The molecule has 1 rings (SSSR count). The predicted molar refractivity (Wildman–Crippen MR) is 53.7 cm³/mol. The second kappa shape index (κ2) is 5.34. The highest BCUT2D eigenvalue weighted by molar-refractivity contribution is 5.98. The van der Waals surface area contributed by atoms with Crippen molar-refractivity contribution in [1.29, 1.82) is 0 Å². The van der Waals surface area contributed by atoms with Crippen molar-refractivity contribution in [3.63, 3.8) is 0 Å². The Morgan fingerprint density at radius 1 is 1.53 bits per heavy atom. The summed E-state index contributed by atoms with van der Waals surface area (Å²) in [5.74, 6) is -0.129. The minimum absolute atomic E-state index is 0.0251. The third-order valence-electron chi connectivity index (χ3n) is 1.94. The van der Waals surface area contributed by atoms with Gasteiger partial charge in [-0.3, -0.25) is 9.59 Å². The van der Waals surface area contributed by atoms with Crippen LogP contribution < -0.4 is 4.74 Å². The van der Waals surface area contributed by atoms with E-state index in [0.29, 0.717) is 5.95 Å². The van der Waals surface area contributed by atoms with Crippen LogP contribution in [0.15, 0.2) is 22.8 Å². The van der Waals surface area contributed by atoms with E-state index in [1.165, 1.54) is 13.2 Å². The van der Waals surface area contributed by atoms with E-state index < -0.39 is 0 Å². The zero-order valence-electron chi connectivity index (χ0n) is 8.86. The van der Waals surface area contributed by atoms with Crippen molar-refractivity contribution in [2.24, 2.45) is 5.92 Å². The van der Waals surface area contributed by atoms with Crippen LogP contribution in [0.5, 0.6) is 5.95 Å². The molecule has 0 amide bonds. The zero-order valence-corrected chi connectivity index (χ0v) is 8.86.